The molecule has 1 saturated carbocycles. The van der Waals surface area contributed by atoms with Gasteiger partial charge in [-0.3, -0.25) is 0 Å². The first-order chi connectivity index (χ1) is 7.73. The molecule has 2 heterocycles. The molecule has 3 fully saturated rings. The zero-order valence-corrected chi connectivity index (χ0v) is 10.7. The average Bonchev–Trinajstić information content (AvgIpc) is 2.71. The molecule has 1 aliphatic carbocycles. The number of hydrogen-bond donors (Lipinski definition) is 1. The molecule has 0 unspecified atom stereocenters. The lowest BCUT2D eigenvalue weighted by atomic mass is 10.0. The van der Waals surface area contributed by atoms with Crippen molar-refractivity contribution in [3.05, 3.63) is 0 Å². The van der Waals surface area contributed by atoms with Gasteiger partial charge < -0.3 is 24.1 Å². The number of hydrogen-bond acceptors (Lipinski definition) is 5. The summed E-state index contributed by atoms with van der Waals surface area (Å²) in [6.07, 6.45) is -0.627. The standard InChI is InChI=1S/C12H20O5/c1-10(2)14-6-12(17-10)5-7(13)8-9(12)16-11(3,4)15-8/h7-9,13H,5-6H2,1-4H3/t7-,8-,9-,12+/m0/s1. The van der Waals surface area contributed by atoms with Gasteiger partial charge in [0.2, 0.25) is 0 Å². The zero-order chi connectivity index (χ0) is 12.5. The van der Waals surface area contributed by atoms with Crippen LogP contribution in [-0.2, 0) is 18.9 Å². The van der Waals surface area contributed by atoms with Gasteiger partial charge in [0.1, 0.15) is 17.8 Å². The van der Waals surface area contributed by atoms with Crippen molar-refractivity contribution in [1.29, 1.82) is 0 Å². The first-order valence-corrected chi connectivity index (χ1v) is 6.11. The van der Waals surface area contributed by atoms with E-state index in [1.54, 1.807) is 0 Å². The van der Waals surface area contributed by atoms with Crippen LogP contribution in [0.2, 0.25) is 0 Å². The molecule has 5 nitrogen and oxygen atoms in total. The molecule has 0 aromatic heterocycles. The molecule has 0 amide bonds. The molecular weight excluding hydrogens is 224 g/mol. The Labute approximate surface area is 101 Å². The van der Waals surface area contributed by atoms with Crippen molar-refractivity contribution in [2.75, 3.05) is 6.61 Å². The molecule has 2 aliphatic heterocycles. The van der Waals surface area contributed by atoms with Crippen LogP contribution in [0.3, 0.4) is 0 Å². The van der Waals surface area contributed by atoms with Crippen LogP contribution in [0.25, 0.3) is 0 Å². The van der Waals surface area contributed by atoms with E-state index >= 15 is 0 Å². The largest absolute Gasteiger partial charge is 0.390 e. The summed E-state index contributed by atoms with van der Waals surface area (Å²) >= 11 is 0. The number of aliphatic hydroxyl groups is 1. The lowest BCUT2D eigenvalue weighted by molar-refractivity contribution is -0.211. The molecule has 0 radical (unpaired) electrons. The van der Waals surface area contributed by atoms with E-state index in [-0.39, 0.29) is 12.2 Å². The SMILES string of the molecule is CC1(C)O[C@H]2[C@@H](O)C[C@@]3(COC(C)(C)O3)[C@H]2O1. The van der Waals surface area contributed by atoms with Crippen molar-refractivity contribution in [3.63, 3.8) is 0 Å². The molecule has 3 aliphatic rings. The van der Waals surface area contributed by atoms with Crippen LogP contribution in [0, 0.1) is 0 Å². The van der Waals surface area contributed by atoms with Crippen molar-refractivity contribution in [2.45, 2.75) is 69.6 Å². The summed E-state index contributed by atoms with van der Waals surface area (Å²) < 4.78 is 23.2. The highest BCUT2D eigenvalue weighted by atomic mass is 16.8. The van der Waals surface area contributed by atoms with E-state index in [4.69, 9.17) is 18.9 Å². The summed E-state index contributed by atoms with van der Waals surface area (Å²) in [4.78, 5) is 0. The highest BCUT2D eigenvalue weighted by Gasteiger charge is 2.65. The number of ether oxygens (including phenoxy) is 4. The predicted octanol–water partition coefficient (Wildman–Crippen LogP) is 0.793. The van der Waals surface area contributed by atoms with Gasteiger partial charge in [0.15, 0.2) is 11.6 Å². The van der Waals surface area contributed by atoms with Gasteiger partial charge in [-0.1, -0.05) is 0 Å². The Morgan fingerprint density at radius 3 is 2.35 bits per heavy atom. The fourth-order valence-electron chi connectivity index (χ4n) is 3.15. The molecule has 5 heteroatoms. The molecule has 98 valence electrons. The summed E-state index contributed by atoms with van der Waals surface area (Å²) in [7, 11) is 0. The van der Waals surface area contributed by atoms with Crippen molar-refractivity contribution in [1.82, 2.24) is 0 Å². The molecular formula is C12H20O5. The fourth-order valence-corrected chi connectivity index (χ4v) is 3.15. The Morgan fingerprint density at radius 1 is 1.06 bits per heavy atom. The molecule has 17 heavy (non-hydrogen) atoms. The summed E-state index contributed by atoms with van der Waals surface area (Å²) in [5, 5.41) is 10.1. The second-order valence-corrected chi connectivity index (χ2v) is 6.15. The van der Waals surface area contributed by atoms with Crippen molar-refractivity contribution < 1.29 is 24.1 Å². The summed E-state index contributed by atoms with van der Waals surface area (Å²) in [6, 6.07) is 0. The Hall–Kier alpha value is -0.200. The molecule has 2 saturated heterocycles. The van der Waals surface area contributed by atoms with Gasteiger partial charge in [-0.2, -0.15) is 0 Å². The van der Waals surface area contributed by atoms with Crippen LogP contribution in [-0.4, -0.2) is 47.2 Å². The molecule has 1 N–H and O–H groups in total. The summed E-state index contributed by atoms with van der Waals surface area (Å²) in [5.41, 5.74) is -0.568. The maximum absolute atomic E-state index is 10.1. The third-order valence-electron chi connectivity index (χ3n) is 3.69. The Bertz CT molecular complexity index is 340. The van der Waals surface area contributed by atoms with Gasteiger partial charge in [-0.05, 0) is 27.7 Å². The molecule has 4 atom stereocenters. The van der Waals surface area contributed by atoms with E-state index < -0.39 is 23.3 Å². The van der Waals surface area contributed by atoms with Crippen LogP contribution in [0.4, 0.5) is 0 Å². The quantitative estimate of drug-likeness (QED) is 0.683. The minimum Gasteiger partial charge on any atom is -0.390 e. The van der Waals surface area contributed by atoms with E-state index in [1.165, 1.54) is 0 Å². The maximum Gasteiger partial charge on any atom is 0.164 e. The average molecular weight is 244 g/mol. The van der Waals surface area contributed by atoms with Crippen molar-refractivity contribution in [2.24, 2.45) is 0 Å². The van der Waals surface area contributed by atoms with Gasteiger partial charge in [0, 0.05) is 6.42 Å². The Kier molecular flexibility index (Phi) is 2.25. The third-order valence-corrected chi connectivity index (χ3v) is 3.69. The second-order valence-electron chi connectivity index (χ2n) is 6.15. The molecule has 3 rings (SSSR count). The van der Waals surface area contributed by atoms with Gasteiger partial charge >= 0.3 is 0 Å². The van der Waals surface area contributed by atoms with E-state index in [9.17, 15) is 5.11 Å². The summed E-state index contributed by atoms with van der Waals surface area (Å²) in [6.45, 7) is 7.90. The number of rotatable bonds is 0. The normalized spacial score (nSPS) is 51.0. The first-order valence-electron chi connectivity index (χ1n) is 6.11. The van der Waals surface area contributed by atoms with Crippen LogP contribution in [0.1, 0.15) is 34.1 Å². The van der Waals surface area contributed by atoms with Gasteiger partial charge in [0.05, 0.1) is 12.7 Å². The van der Waals surface area contributed by atoms with Crippen LogP contribution >= 0.6 is 0 Å². The van der Waals surface area contributed by atoms with Crippen molar-refractivity contribution in [3.8, 4) is 0 Å². The van der Waals surface area contributed by atoms with Gasteiger partial charge in [-0.15, -0.1) is 0 Å². The number of aliphatic hydroxyl groups excluding tert-OH is 1. The zero-order valence-electron chi connectivity index (χ0n) is 10.7. The van der Waals surface area contributed by atoms with E-state index in [2.05, 4.69) is 0 Å². The monoisotopic (exact) mass is 244 g/mol. The molecule has 0 bridgehead atoms. The highest BCUT2D eigenvalue weighted by Crippen LogP contribution is 2.50. The molecule has 0 aromatic rings. The lowest BCUT2D eigenvalue weighted by Crippen LogP contribution is -2.45. The van der Waals surface area contributed by atoms with Crippen LogP contribution in [0.15, 0.2) is 0 Å². The van der Waals surface area contributed by atoms with Gasteiger partial charge in [-0.25, -0.2) is 0 Å². The second kappa shape index (κ2) is 3.22. The van der Waals surface area contributed by atoms with E-state index in [1.807, 2.05) is 27.7 Å². The molecule has 0 aromatic carbocycles. The van der Waals surface area contributed by atoms with Crippen LogP contribution < -0.4 is 0 Å². The van der Waals surface area contributed by atoms with Crippen molar-refractivity contribution >= 4 is 0 Å². The fraction of sp³-hybridized carbons (Fsp3) is 1.00. The lowest BCUT2D eigenvalue weighted by Gasteiger charge is -2.30. The predicted molar refractivity (Wildman–Crippen MR) is 58.3 cm³/mol. The van der Waals surface area contributed by atoms with Crippen LogP contribution in [0.5, 0.6) is 0 Å². The van der Waals surface area contributed by atoms with E-state index in [0.717, 1.165) is 0 Å². The Balaban J connectivity index is 1.89. The number of fused-ring (bicyclic) bond motifs is 2. The molecule has 1 spiro atoms. The minimum atomic E-state index is -0.667. The Morgan fingerprint density at radius 2 is 1.76 bits per heavy atom. The smallest absolute Gasteiger partial charge is 0.164 e. The maximum atomic E-state index is 10.1. The minimum absolute atomic E-state index is 0.255. The third kappa shape index (κ3) is 1.72. The first kappa shape index (κ1) is 11.9. The van der Waals surface area contributed by atoms with Gasteiger partial charge in [0.25, 0.3) is 0 Å². The van der Waals surface area contributed by atoms with E-state index in [0.29, 0.717) is 13.0 Å². The highest BCUT2D eigenvalue weighted by molar-refractivity contribution is 5.11. The topological polar surface area (TPSA) is 57.2 Å². The summed E-state index contributed by atoms with van der Waals surface area (Å²) in [5.74, 6) is -1.29.